The van der Waals surface area contributed by atoms with Gasteiger partial charge in [-0.2, -0.15) is 0 Å². The summed E-state index contributed by atoms with van der Waals surface area (Å²) in [6.45, 7) is 3.48. The Hall–Kier alpha value is -1.55. The molecular weight excluding hydrogens is 204 g/mol. The molecule has 0 saturated heterocycles. The molecule has 4 nitrogen and oxygen atoms in total. The Morgan fingerprint density at radius 3 is 2.69 bits per heavy atom. The van der Waals surface area contributed by atoms with Gasteiger partial charge in [0.05, 0.1) is 0 Å². The van der Waals surface area contributed by atoms with Crippen LogP contribution in [0, 0.1) is 0 Å². The van der Waals surface area contributed by atoms with E-state index >= 15 is 0 Å². The Balaban J connectivity index is 2.10. The van der Waals surface area contributed by atoms with Crippen LogP contribution < -0.4 is 10.6 Å². The standard InChI is InChI=1S/C12H18N2O2/c1-10(14-12(15)16)7-8-13-9-11-5-3-2-4-6-11/h2-6,10,13-14H,7-9H2,1H3,(H,15,16)/t10-/m1/s1. The van der Waals surface area contributed by atoms with E-state index in [2.05, 4.69) is 22.8 Å². The summed E-state index contributed by atoms with van der Waals surface area (Å²) in [7, 11) is 0. The summed E-state index contributed by atoms with van der Waals surface area (Å²) in [6.07, 6.45) is -0.172. The number of hydrogen-bond donors (Lipinski definition) is 3. The average Bonchev–Trinajstić information content (AvgIpc) is 2.25. The van der Waals surface area contributed by atoms with Crippen LogP contribution in [0.2, 0.25) is 0 Å². The first-order valence-corrected chi connectivity index (χ1v) is 5.42. The molecule has 0 aliphatic heterocycles. The van der Waals surface area contributed by atoms with Gasteiger partial charge in [-0.1, -0.05) is 30.3 Å². The highest BCUT2D eigenvalue weighted by molar-refractivity contribution is 5.64. The fraction of sp³-hybridized carbons (Fsp3) is 0.417. The van der Waals surface area contributed by atoms with E-state index in [1.54, 1.807) is 0 Å². The molecule has 0 saturated carbocycles. The van der Waals surface area contributed by atoms with E-state index in [1.165, 1.54) is 5.56 Å². The van der Waals surface area contributed by atoms with Crippen molar-refractivity contribution in [3.05, 3.63) is 35.9 Å². The van der Waals surface area contributed by atoms with E-state index in [0.717, 1.165) is 19.5 Å². The fourth-order valence-corrected chi connectivity index (χ4v) is 1.43. The molecule has 0 aliphatic rings. The van der Waals surface area contributed by atoms with Crippen molar-refractivity contribution < 1.29 is 9.90 Å². The Morgan fingerprint density at radius 2 is 2.06 bits per heavy atom. The van der Waals surface area contributed by atoms with Gasteiger partial charge in [0.25, 0.3) is 0 Å². The molecule has 3 N–H and O–H groups in total. The molecule has 1 rings (SSSR count). The molecular formula is C12H18N2O2. The molecule has 1 atom stereocenters. The van der Waals surface area contributed by atoms with Crippen molar-refractivity contribution in [1.29, 1.82) is 0 Å². The molecule has 1 amide bonds. The van der Waals surface area contributed by atoms with Crippen molar-refractivity contribution in [1.82, 2.24) is 10.6 Å². The summed E-state index contributed by atoms with van der Waals surface area (Å²) in [5, 5.41) is 14.2. The lowest BCUT2D eigenvalue weighted by Crippen LogP contribution is -2.33. The van der Waals surface area contributed by atoms with E-state index in [-0.39, 0.29) is 6.04 Å². The number of nitrogens with one attached hydrogen (secondary N) is 2. The highest BCUT2D eigenvalue weighted by Crippen LogP contribution is 1.97. The third-order valence-corrected chi connectivity index (χ3v) is 2.30. The monoisotopic (exact) mass is 222 g/mol. The van der Waals surface area contributed by atoms with Gasteiger partial charge in [-0.15, -0.1) is 0 Å². The lowest BCUT2D eigenvalue weighted by molar-refractivity contribution is 0.190. The van der Waals surface area contributed by atoms with Crippen LogP contribution in [0.1, 0.15) is 18.9 Å². The number of carbonyl (C=O) groups is 1. The first kappa shape index (κ1) is 12.5. The second-order valence-corrected chi connectivity index (χ2v) is 3.80. The van der Waals surface area contributed by atoms with E-state index in [4.69, 9.17) is 5.11 Å². The van der Waals surface area contributed by atoms with Crippen molar-refractivity contribution in [2.24, 2.45) is 0 Å². The van der Waals surface area contributed by atoms with Gasteiger partial charge in [-0.25, -0.2) is 4.79 Å². The number of rotatable bonds is 6. The van der Waals surface area contributed by atoms with Crippen LogP contribution in [-0.4, -0.2) is 23.8 Å². The first-order valence-electron chi connectivity index (χ1n) is 5.42. The summed E-state index contributed by atoms with van der Waals surface area (Å²) >= 11 is 0. The van der Waals surface area contributed by atoms with Crippen molar-refractivity contribution in [3.8, 4) is 0 Å². The van der Waals surface area contributed by atoms with Gasteiger partial charge in [-0.3, -0.25) is 0 Å². The summed E-state index contributed by atoms with van der Waals surface area (Å²) in [5.41, 5.74) is 1.24. The predicted octanol–water partition coefficient (Wildman–Crippen LogP) is 1.82. The third kappa shape index (κ3) is 5.36. The van der Waals surface area contributed by atoms with Crippen molar-refractivity contribution >= 4 is 6.09 Å². The van der Waals surface area contributed by atoms with E-state index in [0.29, 0.717) is 0 Å². The fourth-order valence-electron chi connectivity index (χ4n) is 1.43. The van der Waals surface area contributed by atoms with E-state index < -0.39 is 6.09 Å². The zero-order chi connectivity index (χ0) is 11.8. The molecule has 0 fully saturated rings. The molecule has 0 spiro atoms. The zero-order valence-electron chi connectivity index (χ0n) is 9.44. The maximum atomic E-state index is 10.3. The maximum Gasteiger partial charge on any atom is 0.404 e. The summed E-state index contributed by atoms with van der Waals surface area (Å²) in [5.74, 6) is 0. The Morgan fingerprint density at radius 1 is 1.38 bits per heavy atom. The topological polar surface area (TPSA) is 61.4 Å². The molecule has 1 aromatic carbocycles. The Labute approximate surface area is 95.7 Å². The quantitative estimate of drug-likeness (QED) is 0.643. The van der Waals surface area contributed by atoms with Crippen molar-refractivity contribution in [2.45, 2.75) is 25.9 Å². The predicted molar refractivity (Wildman–Crippen MR) is 63.4 cm³/mol. The molecule has 0 heterocycles. The largest absolute Gasteiger partial charge is 0.465 e. The Bertz CT molecular complexity index is 314. The van der Waals surface area contributed by atoms with Crippen LogP contribution in [0.25, 0.3) is 0 Å². The van der Waals surface area contributed by atoms with Gasteiger partial charge in [0.2, 0.25) is 0 Å². The Kier molecular flexibility index (Phi) is 5.36. The van der Waals surface area contributed by atoms with Gasteiger partial charge in [0, 0.05) is 12.6 Å². The average molecular weight is 222 g/mol. The molecule has 16 heavy (non-hydrogen) atoms. The summed E-state index contributed by atoms with van der Waals surface area (Å²) in [4.78, 5) is 10.3. The minimum atomic E-state index is -0.962. The first-order chi connectivity index (χ1) is 7.68. The molecule has 0 unspecified atom stereocenters. The van der Waals surface area contributed by atoms with Crippen LogP contribution in [0.5, 0.6) is 0 Å². The minimum absolute atomic E-state index is 0.0132. The van der Waals surface area contributed by atoms with Crippen molar-refractivity contribution in [2.75, 3.05) is 6.54 Å². The molecule has 0 aromatic heterocycles. The molecule has 88 valence electrons. The van der Waals surface area contributed by atoms with Crippen LogP contribution in [0.15, 0.2) is 30.3 Å². The number of amides is 1. The van der Waals surface area contributed by atoms with Crippen LogP contribution in [0.3, 0.4) is 0 Å². The van der Waals surface area contributed by atoms with Gasteiger partial charge in [0.1, 0.15) is 0 Å². The van der Waals surface area contributed by atoms with Gasteiger partial charge < -0.3 is 15.7 Å². The lowest BCUT2D eigenvalue weighted by atomic mass is 10.2. The van der Waals surface area contributed by atoms with E-state index in [1.807, 2.05) is 25.1 Å². The van der Waals surface area contributed by atoms with Gasteiger partial charge >= 0.3 is 6.09 Å². The number of carboxylic acid groups (broad SMARTS) is 1. The van der Waals surface area contributed by atoms with Crippen LogP contribution in [-0.2, 0) is 6.54 Å². The molecule has 0 radical (unpaired) electrons. The lowest BCUT2D eigenvalue weighted by Gasteiger charge is -2.11. The minimum Gasteiger partial charge on any atom is -0.465 e. The zero-order valence-corrected chi connectivity index (χ0v) is 9.44. The van der Waals surface area contributed by atoms with Crippen molar-refractivity contribution in [3.63, 3.8) is 0 Å². The smallest absolute Gasteiger partial charge is 0.404 e. The molecule has 1 aromatic rings. The van der Waals surface area contributed by atoms with Gasteiger partial charge in [-0.05, 0) is 25.5 Å². The van der Waals surface area contributed by atoms with Gasteiger partial charge in [0.15, 0.2) is 0 Å². The van der Waals surface area contributed by atoms with Crippen LogP contribution >= 0.6 is 0 Å². The number of benzene rings is 1. The second-order valence-electron chi connectivity index (χ2n) is 3.80. The summed E-state index contributed by atoms with van der Waals surface area (Å²) in [6, 6.07) is 10.1. The van der Waals surface area contributed by atoms with E-state index in [9.17, 15) is 4.79 Å². The summed E-state index contributed by atoms with van der Waals surface area (Å²) < 4.78 is 0. The second kappa shape index (κ2) is 6.85. The molecule has 0 bridgehead atoms. The molecule has 4 heteroatoms. The maximum absolute atomic E-state index is 10.3. The SMILES string of the molecule is C[C@H](CCNCc1ccccc1)NC(=O)O. The highest BCUT2D eigenvalue weighted by Gasteiger charge is 2.03. The highest BCUT2D eigenvalue weighted by atomic mass is 16.4. The number of hydrogen-bond acceptors (Lipinski definition) is 2. The normalized spacial score (nSPS) is 12.1. The third-order valence-electron chi connectivity index (χ3n) is 2.30. The molecule has 0 aliphatic carbocycles. The van der Waals surface area contributed by atoms with Crippen LogP contribution in [0.4, 0.5) is 4.79 Å².